The molecule has 19 heavy (non-hydrogen) atoms. The van der Waals surface area contributed by atoms with E-state index in [-0.39, 0.29) is 6.04 Å². The number of thiophene rings is 1. The van der Waals surface area contributed by atoms with Crippen LogP contribution in [0.25, 0.3) is 0 Å². The monoisotopic (exact) mass is 357 g/mol. The van der Waals surface area contributed by atoms with Crippen molar-refractivity contribution in [1.29, 1.82) is 0 Å². The normalized spacial score (nSPS) is 12.6. The minimum Gasteiger partial charge on any atom is -0.306 e. The maximum atomic E-state index is 6.12. The SMILES string of the molecule is CCCNC(c1cccc(Cl)c1)c1sc(C)cc1Br. The van der Waals surface area contributed by atoms with E-state index in [1.165, 1.54) is 19.8 Å². The van der Waals surface area contributed by atoms with Gasteiger partial charge in [-0.25, -0.2) is 0 Å². The van der Waals surface area contributed by atoms with Crippen LogP contribution in [0, 0.1) is 6.92 Å². The predicted octanol–water partition coefficient (Wildman–Crippen LogP) is 5.56. The summed E-state index contributed by atoms with van der Waals surface area (Å²) in [6.07, 6.45) is 1.11. The summed E-state index contributed by atoms with van der Waals surface area (Å²) in [5.74, 6) is 0. The summed E-state index contributed by atoms with van der Waals surface area (Å²) in [6, 6.07) is 10.5. The zero-order valence-corrected chi connectivity index (χ0v) is 14.2. The highest BCUT2D eigenvalue weighted by Crippen LogP contribution is 2.36. The van der Waals surface area contributed by atoms with Crippen LogP contribution < -0.4 is 5.32 Å². The molecule has 1 unspecified atom stereocenters. The third-order valence-corrected chi connectivity index (χ3v) is 5.15. The molecule has 0 amide bonds. The lowest BCUT2D eigenvalue weighted by Gasteiger charge is -2.18. The van der Waals surface area contributed by atoms with Gasteiger partial charge in [0.25, 0.3) is 0 Å². The van der Waals surface area contributed by atoms with E-state index in [4.69, 9.17) is 11.6 Å². The quantitative estimate of drug-likeness (QED) is 0.737. The minimum atomic E-state index is 0.201. The maximum Gasteiger partial charge on any atom is 0.0683 e. The second-order valence-corrected chi connectivity index (χ2v) is 7.09. The molecular formula is C15H17BrClNS. The van der Waals surface area contributed by atoms with Gasteiger partial charge >= 0.3 is 0 Å². The molecule has 0 radical (unpaired) electrons. The Morgan fingerprint density at radius 3 is 2.74 bits per heavy atom. The highest BCUT2D eigenvalue weighted by atomic mass is 79.9. The fourth-order valence-electron chi connectivity index (χ4n) is 2.03. The number of nitrogens with one attached hydrogen (secondary N) is 1. The van der Waals surface area contributed by atoms with Crippen LogP contribution >= 0.6 is 38.9 Å². The lowest BCUT2D eigenvalue weighted by Crippen LogP contribution is -2.22. The Hall–Kier alpha value is -0.350. The van der Waals surface area contributed by atoms with Gasteiger partial charge in [0, 0.05) is 19.2 Å². The Balaban J connectivity index is 2.38. The molecule has 102 valence electrons. The molecule has 0 spiro atoms. The van der Waals surface area contributed by atoms with Gasteiger partial charge in [-0.1, -0.05) is 30.7 Å². The number of halogens is 2. The molecule has 0 bridgehead atoms. The Bertz CT molecular complexity index is 553. The van der Waals surface area contributed by atoms with Crippen molar-refractivity contribution in [1.82, 2.24) is 5.32 Å². The standard InChI is InChI=1S/C15H17BrClNS/c1-3-7-18-14(11-5-4-6-12(17)9-11)15-13(16)8-10(2)19-15/h4-6,8-9,14,18H,3,7H2,1-2H3. The largest absolute Gasteiger partial charge is 0.306 e. The highest BCUT2D eigenvalue weighted by Gasteiger charge is 2.18. The Morgan fingerprint density at radius 1 is 1.37 bits per heavy atom. The average molecular weight is 359 g/mol. The van der Waals surface area contributed by atoms with E-state index in [9.17, 15) is 0 Å². The van der Waals surface area contributed by atoms with Gasteiger partial charge in [-0.05, 0) is 59.6 Å². The van der Waals surface area contributed by atoms with Crippen molar-refractivity contribution >= 4 is 38.9 Å². The van der Waals surface area contributed by atoms with E-state index in [1.54, 1.807) is 0 Å². The van der Waals surface area contributed by atoms with E-state index in [2.05, 4.69) is 47.2 Å². The van der Waals surface area contributed by atoms with Crippen molar-refractivity contribution < 1.29 is 0 Å². The molecule has 0 aliphatic carbocycles. The van der Waals surface area contributed by atoms with Gasteiger partial charge in [0.1, 0.15) is 0 Å². The molecule has 0 aliphatic rings. The Morgan fingerprint density at radius 2 is 2.16 bits per heavy atom. The molecule has 0 saturated carbocycles. The summed E-state index contributed by atoms with van der Waals surface area (Å²) in [7, 11) is 0. The number of rotatable bonds is 5. The molecule has 1 aromatic carbocycles. The molecule has 0 fully saturated rings. The van der Waals surface area contributed by atoms with Gasteiger partial charge in [0.15, 0.2) is 0 Å². The predicted molar refractivity (Wildman–Crippen MR) is 88.3 cm³/mol. The van der Waals surface area contributed by atoms with E-state index < -0.39 is 0 Å². The lowest BCUT2D eigenvalue weighted by atomic mass is 10.1. The third kappa shape index (κ3) is 3.82. The number of benzene rings is 1. The van der Waals surface area contributed by atoms with Crippen LogP contribution in [0.2, 0.25) is 5.02 Å². The van der Waals surface area contributed by atoms with Gasteiger partial charge in [-0.3, -0.25) is 0 Å². The van der Waals surface area contributed by atoms with Gasteiger partial charge in [0.2, 0.25) is 0 Å². The van der Waals surface area contributed by atoms with Gasteiger partial charge < -0.3 is 5.32 Å². The molecule has 2 aromatic rings. The van der Waals surface area contributed by atoms with Crippen LogP contribution in [0.3, 0.4) is 0 Å². The van der Waals surface area contributed by atoms with E-state index in [0.29, 0.717) is 0 Å². The summed E-state index contributed by atoms with van der Waals surface area (Å²) >= 11 is 11.6. The third-order valence-electron chi connectivity index (χ3n) is 2.88. The minimum absolute atomic E-state index is 0.201. The van der Waals surface area contributed by atoms with E-state index >= 15 is 0 Å². The molecule has 0 saturated heterocycles. The van der Waals surface area contributed by atoms with Crippen molar-refractivity contribution in [3.8, 4) is 0 Å². The second-order valence-electron chi connectivity index (χ2n) is 4.51. The number of hydrogen-bond acceptors (Lipinski definition) is 2. The molecule has 1 nitrogen and oxygen atoms in total. The molecule has 1 atom stereocenters. The molecule has 2 rings (SSSR count). The summed E-state index contributed by atoms with van der Waals surface area (Å²) in [5.41, 5.74) is 1.21. The van der Waals surface area contributed by atoms with Crippen LogP contribution in [0.15, 0.2) is 34.8 Å². The van der Waals surface area contributed by atoms with Crippen molar-refractivity contribution in [2.24, 2.45) is 0 Å². The smallest absolute Gasteiger partial charge is 0.0683 e. The molecular weight excluding hydrogens is 342 g/mol. The molecule has 1 aromatic heterocycles. The molecule has 1 N–H and O–H groups in total. The van der Waals surface area contributed by atoms with Crippen LogP contribution in [0.1, 0.15) is 34.7 Å². The first kappa shape index (κ1) is 15.0. The van der Waals surface area contributed by atoms with Crippen molar-refractivity contribution in [2.45, 2.75) is 26.3 Å². The summed E-state index contributed by atoms with van der Waals surface area (Å²) in [5, 5.41) is 4.39. The summed E-state index contributed by atoms with van der Waals surface area (Å²) in [6.45, 7) is 5.30. The number of aryl methyl sites for hydroxylation is 1. The number of hydrogen-bond donors (Lipinski definition) is 1. The fraction of sp³-hybridized carbons (Fsp3) is 0.333. The maximum absolute atomic E-state index is 6.12. The van der Waals surface area contributed by atoms with Gasteiger partial charge in [0.05, 0.1) is 6.04 Å². The Kier molecular flexibility index (Phi) is 5.46. The zero-order valence-electron chi connectivity index (χ0n) is 11.0. The van der Waals surface area contributed by atoms with Crippen LogP contribution in [0.5, 0.6) is 0 Å². The highest BCUT2D eigenvalue weighted by molar-refractivity contribution is 9.10. The zero-order chi connectivity index (χ0) is 13.8. The lowest BCUT2D eigenvalue weighted by molar-refractivity contribution is 0.604. The first-order valence-electron chi connectivity index (χ1n) is 6.36. The van der Waals surface area contributed by atoms with Gasteiger partial charge in [-0.2, -0.15) is 0 Å². The van der Waals surface area contributed by atoms with Crippen molar-refractivity contribution in [3.05, 3.63) is 55.1 Å². The Labute approximate surface area is 132 Å². The average Bonchev–Trinajstić information content (AvgIpc) is 2.69. The topological polar surface area (TPSA) is 12.0 Å². The van der Waals surface area contributed by atoms with E-state index in [0.717, 1.165) is 18.0 Å². The summed E-state index contributed by atoms with van der Waals surface area (Å²) in [4.78, 5) is 2.63. The van der Waals surface area contributed by atoms with Crippen LogP contribution in [-0.4, -0.2) is 6.54 Å². The van der Waals surface area contributed by atoms with Crippen LogP contribution in [0.4, 0.5) is 0 Å². The molecule has 0 aliphatic heterocycles. The van der Waals surface area contributed by atoms with Crippen LogP contribution in [-0.2, 0) is 0 Å². The fourth-order valence-corrected chi connectivity index (χ4v) is 4.22. The first-order chi connectivity index (χ1) is 9.11. The van der Waals surface area contributed by atoms with E-state index in [1.807, 2.05) is 29.5 Å². The first-order valence-corrected chi connectivity index (χ1v) is 8.35. The molecule has 1 heterocycles. The van der Waals surface area contributed by atoms with Crippen molar-refractivity contribution in [2.75, 3.05) is 6.54 Å². The second kappa shape index (κ2) is 6.89. The summed E-state index contributed by atoms with van der Waals surface area (Å²) < 4.78 is 1.17. The van der Waals surface area contributed by atoms with Crippen molar-refractivity contribution in [3.63, 3.8) is 0 Å². The molecule has 4 heteroatoms. The van der Waals surface area contributed by atoms with Gasteiger partial charge in [-0.15, -0.1) is 11.3 Å².